The van der Waals surface area contributed by atoms with E-state index in [2.05, 4.69) is 33.8 Å². The van der Waals surface area contributed by atoms with Crippen LogP contribution in [-0.4, -0.2) is 19.6 Å². The molecule has 6 aromatic rings. The number of pyridine rings is 2. The second kappa shape index (κ2) is 8.65. The fourth-order valence-corrected chi connectivity index (χ4v) is 4.20. The first-order valence-electron chi connectivity index (χ1n) is 10.4. The number of hydrogen-bond acceptors (Lipinski definition) is 3. The van der Waals surface area contributed by atoms with Gasteiger partial charge < -0.3 is 9.67 Å². The fraction of sp³-hybridized carbons (Fsp3) is 0. The molecule has 0 aliphatic heterocycles. The van der Waals surface area contributed by atoms with Crippen LogP contribution in [0.25, 0.3) is 50.1 Å². The molecule has 0 fully saturated rings. The van der Waals surface area contributed by atoms with E-state index in [0.29, 0.717) is 5.56 Å². The first-order valence-corrected chi connectivity index (χ1v) is 10.4. The van der Waals surface area contributed by atoms with Crippen molar-refractivity contribution in [3.63, 3.8) is 0 Å². The average molecular weight is 608 g/mol. The van der Waals surface area contributed by atoms with Gasteiger partial charge in [-0.1, -0.05) is 42.5 Å². The van der Waals surface area contributed by atoms with Crippen LogP contribution in [0.1, 0.15) is 0 Å². The van der Waals surface area contributed by atoms with E-state index in [9.17, 15) is 5.11 Å². The molecule has 0 atom stereocenters. The van der Waals surface area contributed by atoms with E-state index in [1.165, 1.54) is 0 Å². The van der Waals surface area contributed by atoms with Crippen molar-refractivity contribution in [1.82, 2.24) is 14.5 Å². The molecule has 3 aromatic carbocycles. The van der Waals surface area contributed by atoms with E-state index in [1.54, 1.807) is 12.1 Å². The molecule has 3 aromatic heterocycles. The molecule has 5 heteroatoms. The second-order valence-corrected chi connectivity index (χ2v) is 7.60. The minimum absolute atomic E-state index is 0. The molecule has 0 unspecified atom stereocenters. The molecule has 0 bridgehead atoms. The minimum atomic E-state index is 0. The summed E-state index contributed by atoms with van der Waals surface area (Å²) in [4.78, 5) is 9.47. The van der Waals surface area contributed by atoms with Gasteiger partial charge in [-0.15, -0.1) is 29.8 Å². The van der Waals surface area contributed by atoms with Gasteiger partial charge >= 0.3 is 0 Å². The quantitative estimate of drug-likeness (QED) is 0.237. The molecule has 3 heterocycles. The van der Waals surface area contributed by atoms with Crippen molar-refractivity contribution in [1.29, 1.82) is 0 Å². The van der Waals surface area contributed by atoms with Crippen LogP contribution in [0.3, 0.4) is 0 Å². The summed E-state index contributed by atoms with van der Waals surface area (Å²) < 4.78 is 2.14. The van der Waals surface area contributed by atoms with Gasteiger partial charge in [-0.05, 0) is 47.8 Å². The van der Waals surface area contributed by atoms with E-state index in [1.807, 2.05) is 72.9 Å². The van der Waals surface area contributed by atoms with Crippen LogP contribution in [0.5, 0.6) is 5.75 Å². The van der Waals surface area contributed by atoms with Crippen molar-refractivity contribution in [2.75, 3.05) is 0 Å². The first-order chi connectivity index (χ1) is 15.8. The topological polar surface area (TPSA) is 50.9 Å². The van der Waals surface area contributed by atoms with Crippen LogP contribution in [0.15, 0.2) is 103 Å². The Morgan fingerprint density at radius 1 is 0.697 bits per heavy atom. The van der Waals surface area contributed by atoms with Crippen molar-refractivity contribution >= 4 is 21.9 Å². The smallest absolute Gasteiger partial charge is 0.144 e. The molecule has 0 saturated carbocycles. The largest absolute Gasteiger partial charge is 0.507 e. The fourth-order valence-electron chi connectivity index (χ4n) is 4.20. The Hall–Kier alpha value is -3.75. The minimum Gasteiger partial charge on any atom is -0.507 e. The van der Waals surface area contributed by atoms with Crippen molar-refractivity contribution in [2.24, 2.45) is 0 Å². The predicted molar refractivity (Wildman–Crippen MR) is 128 cm³/mol. The summed E-state index contributed by atoms with van der Waals surface area (Å²) in [5.74, 6) is 0.214. The van der Waals surface area contributed by atoms with E-state index >= 15 is 0 Å². The molecule has 162 valence electrons. The van der Waals surface area contributed by atoms with Gasteiger partial charge in [0, 0.05) is 43.6 Å². The van der Waals surface area contributed by atoms with Crippen LogP contribution in [-0.2, 0) is 21.1 Å². The average Bonchev–Trinajstić information content (AvgIpc) is 3.19. The maximum atomic E-state index is 10.2. The van der Waals surface area contributed by atoms with E-state index in [4.69, 9.17) is 4.98 Å². The van der Waals surface area contributed by atoms with E-state index < -0.39 is 0 Å². The Bertz CT molecular complexity index is 1550. The molecular weight excluding hydrogens is 589 g/mol. The summed E-state index contributed by atoms with van der Waals surface area (Å²) in [7, 11) is 0. The van der Waals surface area contributed by atoms with Crippen molar-refractivity contribution in [3.8, 4) is 34.0 Å². The van der Waals surface area contributed by atoms with Gasteiger partial charge in [-0.2, -0.15) is 0 Å². The number of hydrogen-bond donors (Lipinski definition) is 1. The number of benzene rings is 3. The van der Waals surface area contributed by atoms with Gasteiger partial charge in [0.2, 0.25) is 0 Å². The number of phenolic OH excluding ortho intramolecular Hbond substituents is 1. The summed E-state index contributed by atoms with van der Waals surface area (Å²) in [6.07, 6.45) is 1.82. The van der Waals surface area contributed by atoms with Crippen molar-refractivity contribution in [3.05, 3.63) is 109 Å². The van der Waals surface area contributed by atoms with Gasteiger partial charge in [-0.25, -0.2) is 4.98 Å². The number of phenols is 1. The van der Waals surface area contributed by atoms with Crippen LogP contribution in [0.2, 0.25) is 0 Å². The first kappa shape index (κ1) is 21.1. The summed E-state index contributed by atoms with van der Waals surface area (Å²) >= 11 is 0. The van der Waals surface area contributed by atoms with Crippen LogP contribution in [0, 0.1) is 6.07 Å². The number of aromatic hydroxyl groups is 1. The van der Waals surface area contributed by atoms with Gasteiger partial charge in [0.1, 0.15) is 11.4 Å². The molecule has 0 saturated heterocycles. The number of nitrogens with zero attached hydrogens (tertiary/aromatic N) is 3. The molecule has 0 amide bonds. The normalized spacial score (nSPS) is 10.9. The van der Waals surface area contributed by atoms with Crippen molar-refractivity contribution in [2.45, 2.75) is 0 Å². The number of rotatable bonds is 3. The molecule has 0 aliphatic carbocycles. The molecular formula is C28H18N3OPt-. The Labute approximate surface area is 205 Å². The second-order valence-electron chi connectivity index (χ2n) is 7.60. The third-order valence-corrected chi connectivity index (χ3v) is 5.66. The number of aromatic nitrogens is 3. The zero-order valence-corrected chi connectivity index (χ0v) is 19.7. The summed E-state index contributed by atoms with van der Waals surface area (Å²) in [5.41, 5.74) is 5.99. The maximum absolute atomic E-state index is 10.2. The SMILES string of the molecule is Oc1ccccc1-c1cccc(-c2[c-]c(-n3c4ccccc4c4cccnc43)ccc2)n1.[Pt]. The third-order valence-electron chi connectivity index (χ3n) is 5.66. The zero-order valence-electron chi connectivity index (χ0n) is 17.4. The standard InChI is InChI=1S/C28H18N3O.Pt/c32-27-16-4-2-11-23(27)25-14-6-13-24(30-25)19-8-5-9-20(18-19)31-26-15-3-1-10-21(26)22-12-7-17-29-28(22)31;/h1-17,32H;/q-1;. The Balaban J connectivity index is 0.00000228. The van der Waals surface area contributed by atoms with Gasteiger partial charge in [0.05, 0.1) is 11.2 Å². The molecule has 6 rings (SSSR count). The Morgan fingerprint density at radius 3 is 2.36 bits per heavy atom. The van der Waals surface area contributed by atoms with Gasteiger partial charge in [0.25, 0.3) is 0 Å². The number of fused-ring (bicyclic) bond motifs is 3. The van der Waals surface area contributed by atoms with Crippen molar-refractivity contribution < 1.29 is 26.2 Å². The molecule has 0 radical (unpaired) electrons. The van der Waals surface area contributed by atoms with Gasteiger partial charge in [-0.3, -0.25) is 4.98 Å². The Kier molecular flexibility index (Phi) is 5.53. The molecule has 4 nitrogen and oxygen atoms in total. The third kappa shape index (κ3) is 3.63. The zero-order chi connectivity index (χ0) is 21.5. The van der Waals surface area contributed by atoms with Crippen LogP contribution in [0.4, 0.5) is 0 Å². The molecule has 33 heavy (non-hydrogen) atoms. The molecule has 0 spiro atoms. The molecule has 0 aliphatic rings. The maximum Gasteiger partial charge on any atom is 0.144 e. The monoisotopic (exact) mass is 607 g/mol. The summed E-state index contributed by atoms with van der Waals surface area (Å²) in [6.45, 7) is 0. The predicted octanol–water partition coefficient (Wildman–Crippen LogP) is 6.41. The van der Waals surface area contributed by atoms with E-state index in [-0.39, 0.29) is 26.8 Å². The van der Waals surface area contributed by atoms with Crippen LogP contribution >= 0.6 is 0 Å². The van der Waals surface area contributed by atoms with Crippen LogP contribution < -0.4 is 0 Å². The van der Waals surface area contributed by atoms with Gasteiger partial charge in [0.15, 0.2) is 0 Å². The number of para-hydroxylation sites is 2. The molecule has 1 N–H and O–H groups in total. The summed E-state index contributed by atoms with van der Waals surface area (Å²) in [6, 6.07) is 35.0. The Morgan fingerprint density at radius 2 is 1.45 bits per heavy atom. The summed E-state index contributed by atoms with van der Waals surface area (Å²) in [5, 5.41) is 12.5. The van der Waals surface area contributed by atoms with E-state index in [0.717, 1.165) is 44.6 Å².